The summed E-state index contributed by atoms with van der Waals surface area (Å²) in [5.41, 5.74) is 3.52. The van der Waals surface area contributed by atoms with Crippen LogP contribution in [0.4, 0.5) is 27.9 Å². The second-order valence-corrected chi connectivity index (χ2v) is 9.14. The Kier molecular flexibility index (Phi) is 7.28. The smallest absolute Gasteiger partial charge is 0.367 e. The lowest BCUT2D eigenvalue weighted by Gasteiger charge is -2.26. The number of piperidine rings is 1. The SMILES string of the molecule is CCC(C)c1c(C(F)(F)F)c(F)c2cnc(N)nn12.CS(=O)(=O)N1CCCC(F)C1. The molecule has 0 amide bonds. The Hall–Kier alpha value is -2.02. The van der Waals surface area contributed by atoms with Gasteiger partial charge in [-0.3, -0.25) is 0 Å². The normalized spacial score (nSPS) is 19.4. The number of hydrogen-bond acceptors (Lipinski definition) is 5. The highest BCUT2D eigenvalue weighted by Crippen LogP contribution is 2.40. The highest BCUT2D eigenvalue weighted by molar-refractivity contribution is 7.88. The molecule has 0 aromatic carbocycles. The van der Waals surface area contributed by atoms with Crippen molar-refractivity contribution in [2.24, 2.45) is 0 Å². The van der Waals surface area contributed by atoms with Gasteiger partial charge in [0, 0.05) is 13.1 Å². The first-order valence-corrected chi connectivity index (χ1v) is 11.1. The molecule has 0 radical (unpaired) electrons. The summed E-state index contributed by atoms with van der Waals surface area (Å²) >= 11 is 0. The van der Waals surface area contributed by atoms with Gasteiger partial charge in [-0.05, 0) is 25.2 Å². The van der Waals surface area contributed by atoms with Crippen molar-refractivity contribution in [2.75, 3.05) is 25.1 Å². The fourth-order valence-corrected chi connectivity index (χ4v) is 4.05. The number of sulfonamides is 1. The van der Waals surface area contributed by atoms with Gasteiger partial charge in [0.05, 0.1) is 18.1 Å². The minimum Gasteiger partial charge on any atom is -0.367 e. The number of aromatic nitrogens is 3. The van der Waals surface area contributed by atoms with Crippen LogP contribution in [0.15, 0.2) is 6.20 Å². The van der Waals surface area contributed by atoms with Crippen molar-refractivity contribution in [3.05, 3.63) is 23.3 Å². The summed E-state index contributed by atoms with van der Waals surface area (Å²) < 4.78 is 89.5. The van der Waals surface area contributed by atoms with Gasteiger partial charge in [-0.1, -0.05) is 13.8 Å². The number of halogens is 5. The Morgan fingerprint density at radius 3 is 2.47 bits per heavy atom. The molecule has 0 bridgehead atoms. The largest absolute Gasteiger partial charge is 0.421 e. The highest BCUT2D eigenvalue weighted by Gasteiger charge is 2.41. The first-order valence-electron chi connectivity index (χ1n) is 9.26. The molecule has 0 aliphatic carbocycles. The van der Waals surface area contributed by atoms with Gasteiger partial charge in [0.1, 0.15) is 17.3 Å². The van der Waals surface area contributed by atoms with Crippen LogP contribution >= 0.6 is 0 Å². The topological polar surface area (TPSA) is 93.6 Å². The third kappa shape index (κ3) is 5.36. The number of nitrogens with two attached hydrogens (primary N) is 1. The Balaban J connectivity index is 0.000000248. The summed E-state index contributed by atoms with van der Waals surface area (Å²) in [6, 6.07) is 0. The first-order chi connectivity index (χ1) is 13.8. The van der Waals surface area contributed by atoms with Gasteiger partial charge in [-0.2, -0.15) is 17.5 Å². The number of nitrogens with zero attached hydrogens (tertiary/aromatic N) is 4. The van der Waals surface area contributed by atoms with E-state index in [-0.39, 0.29) is 23.7 Å². The molecule has 7 nitrogen and oxygen atoms in total. The van der Waals surface area contributed by atoms with E-state index in [0.29, 0.717) is 25.8 Å². The molecule has 1 aliphatic rings. The first kappa shape index (κ1) is 24.3. The van der Waals surface area contributed by atoms with Crippen molar-refractivity contribution in [3.63, 3.8) is 0 Å². The predicted molar refractivity (Wildman–Crippen MR) is 102 cm³/mol. The van der Waals surface area contributed by atoms with E-state index in [9.17, 15) is 30.4 Å². The lowest BCUT2D eigenvalue weighted by atomic mass is 10.0. The van der Waals surface area contributed by atoms with Crippen LogP contribution in [0.2, 0.25) is 0 Å². The zero-order valence-corrected chi connectivity index (χ0v) is 17.6. The molecule has 2 atom stereocenters. The molecule has 1 saturated heterocycles. The lowest BCUT2D eigenvalue weighted by molar-refractivity contribution is -0.140. The monoisotopic (exact) mass is 457 g/mol. The minimum atomic E-state index is -4.79. The molecular weight excluding hydrogens is 433 g/mol. The molecule has 3 rings (SSSR count). The summed E-state index contributed by atoms with van der Waals surface area (Å²) in [7, 11) is -3.17. The molecule has 2 aromatic heterocycles. The van der Waals surface area contributed by atoms with Crippen molar-refractivity contribution in [1.82, 2.24) is 18.9 Å². The maximum Gasteiger partial charge on any atom is 0.421 e. The Morgan fingerprint density at radius 2 is 2.00 bits per heavy atom. The van der Waals surface area contributed by atoms with Crippen LogP contribution in [-0.4, -0.2) is 52.8 Å². The second-order valence-electron chi connectivity index (χ2n) is 7.16. The number of rotatable bonds is 3. The van der Waals surface area contributed by atoms with E-state index in [1.54, 1.807) is 13.8 Å². The molecular formula is C17H24F5N5O2S. The van der Waals surface area contributed by atoms with Gasteiger partial charge in [0.2, 0.25) is 16.0 Å². The van der Waals surface area contributed by atoms with Crippen molar-refractivity contribution < 1.29 is 30.4 Å². The van der Waals surface area contributed by atoms with Gasteiger partial charge in [0.25, 0.3) is 0 Å². The van der Waals surface area contributed by atoms with Gasteiger partial charge in [0.15, 0.2) is 5.82 Å². The van der Waals surface area contributed by atoms with E-state index >= 15 is 0 Å². The maximum absolute atomic E-state index is 14.0. The van der Waals surface area contributed by atoms with Crippen LogP contribution in [-0.2, 0) is 16.2 Å². The second kappa shape index (κ2) is 9.00. The molecule has 30 heavy (non-hydrogen) atoms. The highest BCUT2D eigenvalue weighted by atomic mass is 32.2. The van der Waals surface area contributed by atoms with Crippen molar-refractivity contribution in [3.8, 4) is 0 Å². The molecule has 0 spiro atoms. The zero-order chi connectivity index (χ0) is 22.9. The third-order valence-electron chi connectivity index (χ3n) is 4.84. The number of alkyl halides is 4. The van der Waals surface area contributed by atoms with E-state index < -0.39 is 39.7 Å². The molecule has 170 valence electrons. The van der Waals surface area contributed by atoms with Crippen LogP contribution in [0.25, 0.3) is 5.52 Å². The fourth-order valence-electron chi connectivity index (χ4n) is 3.16. The summed E-state index contributed by atoms with van der Waals surface area (Å²) in [4.78, 5) is 3.53. The van der Waals surface area contributed by atoms with Crippen LogP contribution in [0, 0.1) is 5.82 Å². The van der Waals surface area contributed by atoms with Crippen molar-refractivity contribution >= 4 is 21.5 Å². The summed E-state index contributed by atoms with van der Waals surface area (Å²) in [5, 5.41) is 3.68. The van der Waals surface area contributed by atoms with Crippen molar-refractivity contribution in [1.29, 1.82) is 0 Å². The zero-order valence-electron chi connectivity index (χ0n) is 16.7. The summed E-state index contributed by atoms with van der Waals surface area (Å²) in [6.45, 7) is 3.81. The fraction of sp³-hybridized carbons (Fsp3) is 0.647. The van der Waals surface area contributed by atoms with E-state index in [1.165, 1.54) is 4.31 Å². The van der Waals surface area contributed by atoms with Gasteiger partial charge in [-0.15, -0.1) is 5.10 Å². The number of fused-ring (bicyclic) bond motifs is 1. The van der Waals surface area contributed by atoms with E-state index in [1.807, 2.05) is 0 Å². The van der Waals surface area contributed by atoms with Crippen LogP contribution in [0.3, 0.4) is 0 Å². The molecule has 1 fully saturated rings. The average molecular weight is 457 g/mol. The number of anilines is 1. The van der Waals surface area contributed by atoms with Crippen LogP contribution in [0.1, 0.15) is 50.3 Å². The maximum atomic E-state index is 14.0. The van der Waals surface area contributed by atoms with Crippen LogP contribution < -0.4 is 5.73 Å². The molecule has 3 heterocycles. The third-order valence-corrected chi connectivity index (χ3v) is 6.11. The Bertz CT molecular complexity index is 993. The Labute approximate surface area is 171 Å². The number of nitrogen functional groups attached to an aromatic ring is 1. The van der Waals surface area contributed by atoms with E-state index in [2.05, 4.69) is 10.1 Å². The molecule has 1 aliphatic heterocycles. The van der Waals surface area contributed by atoms with E-state index in [0.717, 1.165) is 17.0 Å². The molecule has 2 unspecified atom stereocenters. The predicted octanol–water partition coefficient (Wildman–Crippen LogP) is 3.36. The average Bonchev–Trinajstić information content (AvgIpc) is 2.93. The van der Waals surface area contributed by atoms with Crippen LogP contribution in [0.5, 0.6) is 0 Å². The van der Waals surface area contributed by atoms with Gasteiger partial charge in [-0.25, -0.2) is 26.7 Å². The molecule has 2 N–H and O–H groups in total. The van der Waals surface area contributed by atoms with Gasteiger partial charge >= 0.3 is 6.18 Å². The molecule has 2 aromatic rings. The molecule has 13 heteroatoms. The lowest BCUT2D eigenvalue weighted by Crippen LogP contribution is -2.39. The van der Waals surface area contributed by atoms with Gasteiger partial charge < -0.3 is 5.73 Å². The number of hydrogen-bond donors (Lipinski definition) is 1. The summed E-state index contributed by atoms with van der Waals surface area (Å²) in [6.07, 6.45) is -2.15. The summed E-state index contributed by atoms with van der Waals surface area (Å²) in [5.74, 6) is -2.08. The standard InChI is InChI=1S/C11H12F4N4.C6H12FNO2S/c1-3-5(2)9-7(11(13,14)15)8(12)6-4-17-10(16)18-19(6)9;1-11(9,10)8-4-2-3-6(7)5-8/h4-5H,3H2,1-2H3,(H2,16,18);6H,2-5H2,1H3. The quantitative estimate of drug-likeness (QED) is 0.714. The minimum absolute atomic E-state index is 0.0405. The van der Waals surface area contributed by atoms with Crippen molar-refractivity contribution in [2.45, 2.75) is 51.4 Å². The Morgan fingerprint density at radius 1 is 1.37 bits per heavy atom. The molecule has 0 saturated carbocycles. The van der Waals surface area contributed by atoms with E-state index in [4.69, 9.17) is 5.73 Å².